The van der Waals surface area contributed by atoms with Crippen LogP contribution >= 0.6 is 0 Å². The van der Waals surface area contributed by atoms with Crippen LogP contribution in [0.5, 0.6) is 0 Å². The predicted molar refractivity (Wildman–Crippen MR) is 33.5 cm³/mol. The molecule has 1 heterocycles. The van der Waals surface area contributed by atoms with Gasteiger partial charge in [-0.3, -0.25) is 0 Å². The van der Waals surface area contributed by atoms with Crippen molar-refractivity contribution >= 4 is 11.4 Å². The van der Waals surface area contributed by atoms with E-state index in [-0.39, 0.29) is 0 Å². The zero-order valence-electron chi connectivity index (χ0n) is 5.34. The van der Waals surface area contributed by atoms with Crippen LogP contribution in [0.4, 0.5) is 0 Å². The predicted octanol–water partition coefficient (Wildman–Crippen LogP) is 0.904. The molecule has 0 N–H and O–H groups in total. The van der Waals surface area contributed by atoms with E-state index >= 15 is 0 Å². The molecular weight excluding hydrogens is 140 g/mol. The van der Waals surface area contributed by atoms with Crippen LogP contribution in [0.25, 0.3) is 0 Å². The lowest BCUT2D eigenvalue weighted by Crippen LogP contribution is -2.18. The third kappa shape index (κ3) is 1.14. The summed E-state index contributed by atoms with van der Waals surface area (Å²) in [5.41, 5.74) is -0.592. The van der Waals surface area contributed by atoms with Crippen molar-refractivity contribution in [2.75, 3.05) is 0 Å². The van der Waals surface area contributed by atoms with Gasteiger partial charge in [0.1, 0.15) is 11.4 Å². The minimum Gasteiger partial charge on any atom is -0.382 e. The summed E-state index contributed by atoms with van der Waals surface area (Å²) in [4.78, 5) is 0. The van der Waals surface area contributed by atoms with E-state index in [1.165, 1.54) is 0 Å². The summed E-state index contributed by atoms with van der Waals surface area (Å²) in [5.74, 6) is 0.417. The molecule has 0 spiro atoms. The first kappa shape index (κ1) is 6.77. The SMILES string of the molecule is C=C1O[S@](=O)OC1(C)C. The largest absolute Gasteiger partial charge is 0.382 e. The van der Waals surface area contributed by atoms with Crippen LogP contribution in [-0.4, -0.2) is 9.81 Å². The van der Waals surface area contributed by atoms with Gasteiger partial charge in [-0.05, 0) is 13.8 Å². The van der Waals surface area contributed by atoms with E-state index in [1.54, 1.807) is 13.8 Å². The summed E-state index contributed by atoms with van der Waals surface area (Å²) in [6.07, 6.45) is 0. The zero-order chi connectivity index (χ0) is 7.07. The minimum absolute atomic E-state index is 0.417. The molecule has 0 aromatic rings. The Kier molecular flexibility index (Phi) is 1.36. The average Bonchev–Trinajstić information content (AvgIpc) is 1.79. The average molecular weight is 148 g/mol. The number of hydrogen-bond acceptors (Lipinski definition) is 3. The molecule has 1 saturated heterocycles. The second kappa shape index (κ2) is 1.82. The van der Waals surface area contributed by atoms with E-state index in [4.69, 9.17) is 4.18 Å². The van der Waals surface area contributed by atoms with E-state index in [9.17, 15) is 4.21 Å². The van der Waals surface area contributed by atoms with E-state index in [0.29, 0.717) is 5.76 Å². The van der Waals surface area contributed by atoms with E-state index < -0.39 is 17.0 Å². The van der Waals surface area contributed by atoms with Gasteiger partial charge in [-0.25, -0.2) is 4.18 Å². The van der Waals surface area contributed by atoms with Crippen LogP contribution in [0.2, 0.25) is 0 Å². The van der Waals surface area contributed by atoms with Gasteiger partial charge in [0.15, 0.2) is 0 Å². The molecule has 1 aliphatic heterocycles. The molecule has 1 fully saturated rings. The van der Waals surface area contributed by atoms with E-state index in [1.807, 2.05) is 0 Å². The summed E-state index contributed by atoms with van der Waals surface area (Å²) in [5, 5.41) is 0. The van der Waals surface area contributed by atoms with Gasteiger partial charge in [-0.1, -0.05) is 6.58 Å². The standard InChI is InChI=1S/C5H8O3S/c1-4-5(2,3)8-9(6)7-4/h1H2,2-3H3/t9-/m0/s1. The Morgan fingerprint density at radius 1 is 1.67 bits per heavy atom. The maximum Gasteiger partial charge on any atom is 0.360 e. The van der Waals surface area contributed by atoms with Crippen molar-refractivity contribution in [1.82, 2.24) is 0 Å². The molecule has 4 heteroatoms. The summed E-state index contributed by atoms with van der Waals surface area (Å²) in [6, 6.07) is 0. The maximum atomic E-state index is 10.5. The lowest BCUT2D eigenvalue weighted by molar-refractivity contribution is 0.185. The molecule has 1 aliphatic rings. The normalized spacial score (nSPS) is 32.2. The molecule has 0 saturated carbocycles. The van der Waals surface area contributed by atoms with Crippen molar-refractivity contribution in [3.63, 3.8) is 0 Å². The molecule has 0 aliphatic carbocycles. The fourth-order valence-electron chi connectivity index (χ4n) is 0.416. The van der Waals surface area contributed by atoms with Gasteiger partial charge >= 0.3 is 11.4 Å². The van der Waals surface area contributed by atoms with Crippen LogP contribution in [0.15, 0.2) is 12.3 Å². The second-order valence-electron chi connectivity index (χ2n) is 2.30. The van der Waals surface area contributed by atoms with Crippen molar-refractivity contribution in [3.8, 4) is 0 Å². The first-order valence-corrected chi connectivity index (χ1v) is 3.51. The fourth-order valence-corrected chi connectivity index (χ4v) is 1.25. The smallest absolute Gasteiger partial charge is 0.360 e. The quantitative estimate of drug-likeness (QED) is 0.512. The molecule has 1 atom stereocenters. The minimum atomic E-state index is -1.62. The van der Waals surface area contributed by atoms with Gasteiger partial charge < -0.3 is 4.18 Å². The number of rotatable bonds is 0. The van der Waals surface area contributed by atoms with Crippen molar-refractivity contribution in [1.29, 1.82) is 0 Å². The molecule has 0 bridgehead atoms. The fraction of sp³-hybridized carbons (Fsp3) is 0.600. The highest BCUT2D eigenvalue weighted by Gasteiger charge is 2.36. The lowest BCUT2D eigenvalue weighted by atomic mass is 10.1. The highest BCUT2D eigenvalue weighted by molar-refractivity contribution is 7.75. The van der Waals surface area contributed by atoms with Crippen LogP contribution < -0.4 is 0 Å². The van der Waals surface area contributed by atoms with Crippen LogP contribution in [-0.2, 0) is 19.7 Å². The molecule has 52 valence electrons. The van der Waals surface area contributed by atoms with Gasteiger partial charge in [0.05, 0.1) is 0 Å². The molecule has 1 rings (SSSR count). The summed E-state index contributed by atoms with van der Waals surface area (Å²) < 4.78 is 19.9. The molecule has 0 unspecified atom stereocenters. The topological polar surface area (TPSA) is 35.5 Å². The molecule has 3 nitrogen and oxygen atoms in total. The highest BCUT2D eigenvalue weighted by Crippen LogP contribution is 2.29. The highest BCUT2D eigenvalue weighted by atomic mass is 32.2. The Balaban J connectivity index is 2.81. The van der Waals surface area contributed by atoms with E-state index in [2.05, 4.69) is 10.8 Å². The van der Waals surface area contributed by atoms with Gasteiger partial charge in [0, 0.05) is 0 Å². The van der Waals surface area contributed by atoms with Crippen LogP contribution in [0.3, 0.4) is 0 Å². The monoisotopic (exact) mass is 148 g/mol. The molecule has 0 aromatic carbocycles. The third-order valence-corrected chi connectivity index (χ3v) is 2.01. The maximum absolute atomic E-state index is 10.5. The molecule has 0 aromatic heterocycles. The van der Waals surface area contributed by atoms with Crippen molar-refractivity contribution in [3.05, 3.63) is 12.3 Å². The molecule has 0 radical (unpaired) electrons. The summed E-state index contributed by atoms with van der Waals surface area (Å²) >= 11 is -1.62. The molecular formula is C5H8O3S. The Morgan fingerprint density at radius 3 is 2.33 bits per heavy atom. The summed E-state index contributed by atoms with van der Waals surface area (Å²) in [7, 11) is 0. The van der Waals surface area contributed by atoms with Crippen molar-refractivity contribution in [2.24, 2.45) is 0 Å². The van der Waals surface area contributed by atoms with E-state index in [0.717, 1.165) is 0 Å². The van der Waals surface area contributed by atoms with Crippen molar-refractivity contribution in [2.45, 2.75) is 19.4 Å². The molecule has 0 amide bonds. The Hall–Kier alpha value is -0.350. The van der Waals surface area contributed by atoms with Gasteiger partial charge in [-0.2, -0.15) is 4.21 Å². The Morgan fingerprint density at radius 2 is 2.22 bits per heavy atom. The summed E-state index contributed by atoms with van der Waals surface area (Å²) in [6.45, 7) is 7.02. The Labute approximate surface area is 56.5 Å². The first-order chi connectivity index (χ1) is 4.02. The second-order valence-corrected chi connectivity index (χ2v) is 3.05. The zero-order valence-corrected chi connectivity index (χ0v) is 6.16. The number of hydrogen-bond donors (Lipinski definition) is 0. The van der Waals surface area contributed by atoms with Crippen LogP contribution in [0.1, 0.15) is 13.8 Å². The van der Waals surface area contributed by atoms with Gasteiger partial charge in [0.25, 0.3) is 0 Å². The lowest BCUT2D eigenvalue weighted by Gasteiger charge is -2.09. The van der Waals surface area contributed by atoms with Crippen LogP contribution in [0, 0.1) is 0 Å². The van der Waals surface area contributed by atoms with Gasteiger partial charge in [-0.15, -0.1) is 0 Å². The molecule has 9 heavy (non-hydrogen) atoms. The van der Waals surface area contributed by atoms with Crippen molar-refractivity contribution < 1.29 is 12.6 Å². The van der Waals surface area contributed by atoms with Gasteiger partial charge in [0.2, 0.25) is 0 Å². The third-order valence-electron chi connectivity index (χ3n) is 1.12. The first-order valence-electron chi connectivity index (χ1n) is 2.51. The Bertz CT molecular complexity index is 173.